The molecule has 30 heavy (non-hydrogen) atoms. The normalized spacial score (nSPS) is 10.7. The van der Waals surface area contributed by atoms with E-state index in [9.17, 15) is 14.4 Å². The highest BCUT2D eigenvalue weighted by molar-refractivity contribution is 7.99. The number of esters is 1. The van der Waals surface area contributed by atoms with Gasteiger partial charge in [0.15, 0.2) is 5.16 Å². The lowest BCUT2D eigenvalue weighted by Crippen LogP contribution is -2.16. The minimum Gasteiger partial charge on any atom is -0.462 e. The number of nitrogens with one attached hydrogen (secondary N) is 2. The van der Waals surface area contributed by atoms with Crippen molar-refractivity contribution in [3.63, 3.8) is 0 Å². The lowest BCUT2D eigenvalue weighted by Gasteiger charge is -2.09. The van der Waals surface area contributed by atoms with Crippen molar-refractivity contribution in [1.29, 1.82) is 0 Å². The average Bonchev–Trinajstić information content (AvgIpc) is 2.74. The Balaban J connectivity index is 1.63. The van der Waals surface area contributed by atoms with Gasteiger partial charge in [0.25, 0.3) is 5.56 Å². The number of fused-ring (bicyclic) bond motifs is 1. The van der Waals surface area contributed by atoms with Gasteiger partial charge in [-0.15, -0.1) is 0 Å². The van der Waals surface area contributed by atoms with E-state index in [1.54, 1.807) is 30.3 Å². The maximum Gasteiger partial charge on any atom is 0.339 e. The van der Waals surface area contributed by atoms with Gasteiger partial charge in [0.2, 0.25) is 5.91 Å². The highest BCUT2D eigenvalue weighted by Gasteiger charge is 2.14. The van der Waals surface area contributed by atoms with Crippen LogP contribution in [0.1, 0.15) is 30.1 Å². The van der Waals surface area contributed by atoms with Crippen LogP contribution < -0.4 is 10.9 Å². The number of aromatic nitrogens is 2. The van der Waals surface area contributed by atoms with Crippen molar-refractivity contribution >= 4 is 51.8 Å². The molecule has 0 bridgehead atoms. The maximum absolute atomic E-state index is 12.3. The van der Waals surface area contributed by atoms with Crippen molar-refractivity contribution in [3.05, 3.63) is 63.4 Å². The molecule has 0 aliphatic carbocycles. The molecule has 1 aromatic heterocycles. The second kappa shape index (κ2) is 10.3. The summed E-state index contributed by atoms with van der Waals surface area (Å²) >= 11 is 7.19. The number of unbranched alkanes of at least 4 members (excludes halogenated alkanes) is 1. The summed E-state index contributed by atoms with van der Waals surface area (Å²) in [6, 6.07) is 11.6. The molecule has 0 spiro atoms. The number of amides is 1. The summed E-state index contributed by atoms with van der Waals surface area (Å²) in [7, 11) is 0. The summed E-state index contributed by atoms with van der Waals surface area (Å²) in [5, 5.41) is 3.80. The smallest absolute Gasteiger partial charge is 0.339 e. The molecule has 0 saturated carbocycles. The topological polar surface area (TPSA) is 101 Å². The Morgan fingerprint density at radius 3 is 2.83 bits per heavy atom. The summed E-state index contributed by atoms with van der Waals surface area (Å²) in [6.45, 7) is 2.31. The molecule has 0 saturated heterocycles. The summed E-state index contributed by atoms with van der Waals surface area (Å²) in [5.41, 5.74) is 0.923. The molecule has 3 aromatic rings. The van der Waals surface area contributed by atoms with Crippen LogP contribution in [0.4, 0.5) is 5.69 Å². The van der Waals surface area contributed by atoms with Gasteiger partial charge in [0.05, 0.1) is 33.8 Å². The zero-order chi connectivity index (χ0) is 21.5. The molecular formula is C21H20ClN3O4S. The highest BCUT2D eigenvalue weighted by atomic mass is 35.5. The molecule has 156 valence electrons. The Labute approximate surface area is 182 Å². The standard InChI is InChI=1S/C21H20ClN3O4S/c1-2-3-10-29-20(28)15-11-13(8-9-16(15)22)23-18(26)12-30-21-24-17-7-5-4-6-14(17)19(27)25-21/h4-9,11H,2-3,10,12H2,1H3,(H,23,26)(H,24,25,27). The molecule has 3 rings (SSSR count). The van der Waals surface area contributed by atoms with Crippen LogP contribution in [0.25, 0.3) is 10.9 Å². The van der Waals surface area contributed by atoms with Crippen LogP contribution >= 0.6 is 23.4 Å². The molecule has 0 aliphatic rings. The number of hydrogen-bond donors (Lipinski definition) is 2. The number of carbonyl (C=O) groups excluding carboxylic acids is 2. The molecule has 1 amide bonds. The first kappa shape index (κ1) is 21.9. The monoisotopic (exact) mass is 445 g/mol. The van der Waals surface area contributed by atoms with Gasteiger partial charge >= 0.3 is 5.97 Å². The van der Waals surface area contributed by atoms with Gasteiger partial charge in [-0.1, -0.05) is 48.8 Å². The molecule has 0 fully saturated rings. The number of nitrogens with zero attached hydrogens (tertiary/aromatic N) is 1. The van der Waals surface area contributed by atoms with Crippen molar-refractivity contribution < 1.29 is 14.3 Å². The minimum atomic E-state index is -0.531. The van der Waals surface area contributed by atoms with Crippen molar-refractivity contribution in [2.75, 3.05) is 17.7 Å². The zero-order valence-corrected chi connectivity index (χ0v) is 17.8. The van der Waals surface area contributed by atoms with Crippen molar-refractivity contribution in [3.8, 4) is 0 Å². The van der Waals surface area contributed by atoms with Gasteiger partial charge in [0, 0.05) is 5.69 Å². The van der Waals surface area contributed by atoms with Crippen molar-refractivity contribution in [2.45, 2.75) is 24.9 Å². The first-order valence-electron chi connectivity index (χ1n) is 9.36. The molecule has 1 heterocycles. The molecule has 0 atom stereocenters. The number of ether oxygens (including phenoxy) is 1. The fraction of sp³-hybridized carbons (Fsp3) is 0.238. The number of anilines is 1. The Hall–Kier alpha value is -2.84. The minimum absolute atomic E-state index is 0.0280. The molecule has 2 N–H and O–H groups in total. The van der Waals surface area contributed by atoms with Gasteiger partial charge in [0.1, 0.15) is 0 Å². The van der Waals surface area contributed by atoms with Gasteiger partial charge in [-0.25, -0.2) is 9.78 Å². The van der Waals surface area contributed by atoms with E-state index in [1.807, 2.05) is 6.92 Å². The summed E-state index contributed by atoms with van der Waals surface area (Å²) in [5.74, 6) is -0.819. The van der Waals surface area contributed by atoms with E-state index in [-0.39, 0.29) is 27.8 Å². The molecule has 0 unspecified atom stereocenters. The van der Waals surface area contributed by atoms with E-state index < -0.39 is 5.97 Å². The van der Waals surface area contributed by atoms with Crippen LogP contribution in [0.15, 0.2) is 52.4 Å². The number of benzene rings is 2. The fourth-order valence-corrected chi connectivity index (χ4v) is 3.47. The number of thioether (sulfide) groups is 1. The molecule has 7 nitrogen and oxygen atoms in total. The van der Waals surface area contributed by atoms with Crippen LogP contribution in [-0.4, -0.2) is 34.2 Å². The molecular weight excluding hydrogens is 426 g/mol. The number of para-hydroxylation sites is 1. The Morgan fingerprint density at radius 1 is 1.23 bits per heavy atom. The largest absolute Gasteiger partial charge is 0.462 e. The fourth-order valence-electron chi connectivity index (χ4n) is 2.61. The van der Waals surface area contributed by atoms with Crippen molar-refractivity contribution in [1.82, 2.24) is 9.97 Å². The Morgan fingerprint density at radius 2 is 2.03 bits per heavy atom. The number of aromatic amines is 1. The zero-order valence-electron chi connectivity index (χ0n) is 16.2. The SMILES string of the molecule is CCCCOC(=O)c1cc(NC(=O)CSc2nc3ccccc3c(=O)[nH]2)ccc1Cl. The predicted octanol–water partition coefficient (Wildman–Crippen LogP) is 4.26. The first-order valence-corrected chi connectivity index (χ1v) is 10.7. The number of H-pyrrole nitrogens is 1. The highest BCUT2D eigenvalue weighted by Crippen LogP contribution is 2.22. The molecule has 9 heteroatoms. The molecule has 0 aliphatic heterocycles. The van der Waals surface area contributed by atoms with Crippen LogP contribution in [0, 0.1) is 0 Å². The van der Waals surface area contributed by atoms with E-state index >= 15 is 0 Å². The third kappa shape index (κ3) is 5.61. The number of rotatable bonds is 8. The summed E-state index contributed by atoms with van der Waals surface area (Å²) in [6.07, 6.45) is 1.67. The van der Waals surface area contributed by atoms with E-state index in [0.717, 1.165) is 24.6 Å². The number of halogens is 1. The second-order valence-electron chi connectivity index (χ2n) is 6.41. The Bertz CT molecular complexity index is 1130. The molecule has 0 radical (unpaired) electrons. The second-order valence-corrected chi connectivity index (χ2v) is 7.78. The maximum atomic E-state index is 12.3. The van der Waals surface area contributed by atoms with E-state index in [2.05, 4.69) is 15.3 Å². The van der Waals surface area contributed by atoms with Gasteiger partial charge < -0.3 is 15.0 Å². The van der Waals surface area contributed by atoms with E-state index in [1.165, 1.54) is 12.1 Å². The number of hydrogen-bond acceptors (Lipinski definition) is 6. The Kier molecular flexibility index (Phi) is 7.48. The molecule has 2 aromatic carbocycles. The number of carbonyl (C=O) groups is 2. The predicted molar refractivity (Wildman–Crippen MR) is 118 cm³/mol. The van der Waals surface area contributed by atoms with E-state index in [4.69, 9.17) is 16.3 Å². The van der Waals surface area contributed by atoms with Crippen LogP contribution in [0.2, 0.25) is 5.02 Å². The van der Waals surface area contributed by atoms with Gasteiger partial charge in [-0.2, -0.15) is 0 Å². The third-order valence-corrected chi connectivity index (χ3v) is 5.34. The van der Waals surface area contributed by atoms with Crippen LogP contribution in [0.3, 0.4) is 0 Å². The average molecular weight is 446 g/mol. The summed E-state index contributed by atoms with van der Waals surface area (Å²) in [4.78, 5) is 43.6. The van der Waals surface area contributed by atoms with E-state index in [0.29, 0.717) is 28.4 Å². The van der Waals surface area contributed by atoms with Crippen LogP contribution in [-0.2, 0) is 9.53 Å². The van der Waals surface area contributed by atoms with Gasteiger partial charge in [-0.05, 0) is 36.8 Å². The summed E-state index contributed by atoms with van der Waals surface area (Å²) < 4.78 is 5.18. The van der Waals surface area contributed by atoms with Crippen molar-refractivity contribution in [2.24, 2.45) is 0 Å². The van der Waals surface area contributed by atoms with Crippen LogP contribution in [0.5, 0.6) is 0 Å². The lowest BCUT2D eigenvalue weighted by molar-refractivity contribution is -0.113. The quantitative estimate of drug-likeness (QED) is 0.232. The first-order chi connectivity index (χ1) is 14.5. The lowest BCUT2D eigenvalue weighted by atomic mass is 10.2. The third-order valence-electron chi connectivity index (χ3n) is 4.13. The van der Waals surface area contributed by atoms with Gasteiger partial charge in [-0.3, -0.25) is 9.59 Å².